The van der Waals surface area contributed by atoms with Gasteiger partial charge in [0, 0.05) is 20.5 Å². The van der Waals surface area contributed by atoms with Crippen molar-refractivity contribution < 1.29 is 19.4 Å². The van der Waals surface area contributed by atoms with Crippen LogP contribution in [0.5, 0.6) is 5.75 Å². The molecule has 3 aromatic rings. The molecule has 0 spiro atoms. The highest BCUT2D eigenvalue weighted by Crippen LogP contribution is 2.45. The zero-order valence-corrected chi connectivity index (χ0v) is 18.7. The second-order valence-corrected chi connectivity index (χ2v) is 9.00. The van der Waals surface area contributed by atoms with Crippen LogP contribution in [0.25, 0.3) is 0 Å². The Morgan fingerprint density at radius 1 is 1.20 bits per heavy atom. The van der Waals surface area contributed by atoms with Crippen molar-refractivity contribution in [3.05, 3.63) is 80.5 Å². The number of fused-ring (bicyclic) bond motifs is 1. The van der Waals surface area contributed by atoms with Gasteiger partial charge in [-0.25, -0.2) is 0 Å². The quantitative estimate of drug-likeness (QED) is 0.482. The summed E-state index contributed by atoms with van der Waals surface area (Å²) in [7, 11) is 0. The van der Waals surface area contributed by atoms with Crippen molar-refractivity contribution in [3.63, 3.8) is 0 Å². The number of ether oxygens (including phenoxy) is 1. The maximum atomic E-state index is 13.3. The number of carbonyl (C=O) groups excluding carboxylic acids is 2. The third-order valence-corrected chi connectivity index (χ3v) is 6.45. The molecule has 154 valence electrons. The number of halogens is 1. The fraction of sp³-hybridized carbons (Fsp3) is 0.217. The largest absolute Gasteiger partial charge is 0.494 e. The smallest absolute Gasteiger partial charge is 0.264 e. The van der Waals surface area contributed by atoms with Gasteiger partial charge in [0.15, 0.2) is 11.4 Å². The standard InChI is InChI=1S/C23H20BrNO4S/c1-2-29-17-8-5-15(6-9-17)21(26)13-23(28)19-12-16(24)7-10-20(19)25(22(23)27)14-18-4-3-11-30-18/h3-12,28H,2,13-14H2,1H3. The Kier molecular flexibility index (Phi) is 5.77. The van der Waals surface area contributed by atoms with Gasteiger partial charge in [0.25, 0.3) is 5.91 Å². The normalized spacial score (nSPS) is 17.8. The number of Topliss-reactive ketones (excluding diaryl/α,β-unsaturated/α-hetero) is 1. The SMILES string of the molecule is CCOc1ccc(C(=O)CC2(O)C(=O)N(Cc3cccs3)c3ccc(Br)cc32)cc1. The van der Waals surface area contributed by atoms with Crippen molar-refractivity contribution in [1.82, 2.24) is 0 Å². The lowest BCUT2D eigenvalue weighted by Crippen LogP contribution is -2.41. The van der Waals surface area contributed by atoms with E-state index in [2.05, 4.69) is 15.9 Å². The number of aliphatic hydroxyl groups is 1. The number of hydrogen-bond donors (Lipinski definition) is 1. The van der Waals surface area contributed by atoms with Crippen LogP contribution in [0.4, 0.5) is 5.69 Å². The molecule has 0 saturated carbocycles. The predicted molar refractivity (Wildman–Crippen MR) is 120 cm³/mol. The summed E-state index contributed by atoms with van der Waals surface area (Å²) in [6.07, 6.45) is -0.329. The molecule has 30 heavy (non-hydrogen) atoms. The van der Waals surface area contributed by atoms with Crippen LogP contribution in [-0.4, -0.2) is 23.4 Å². The van der Waals surface area contributed by atoms with E-state index in [4.69, 9.17) is 4.74 Å². The van der Waals surface area contributed by atoms with E-state index < -0.39 is 11.5 Å². The van der Waals surface area contributed by atoms with E-state index in [1.54, 1.807) is 52.6 Å². The van der Waals surface area contributed by atoms with Crippen molar-refractivity contribution in [1.29, 1.82) is 0 Å². The number of hydrogen-bond acceptors (Lipinski definition) is 5. The summed E-state index contributed by atoms with van der Waals surface area (Å²) in [6, 6.07) is 15.9. The van der Waals surface area contributed by atoms with Crippen LogP contribution >= 0.6 is 27.3 Å². The summed E-state index contributed by atoms with van der Waals surface area (Å²) in [5.41, 5.74) is -0.421. The van der Waals surface area contributed by atoms with E-state index in [0.29, 0.717) is 35.7 Å². The minimum absolute atomic E-state index is 0.308. The lowest BCUT2D eigenvalue weighted by molar-refractivity contribution is -0.136. The number of rotatable bonds is 7. The summed E-state index contributed by atoms with van der Waals surface area (Å²) in [5.74, 6) is -0.123. The maximum Gasteiger partial charge on any atom is 0.264 e. The summed E-state index contributed by atoms with van der Waals surface area (Å²) < 4.78 is 6.14. The van der Waals surface area contributed by atoms with Crippen LogP contribution in [-0.2, 0) is 16.9 Å². The van der Waals surface area contributed by atoms with E-state index in [1.165, 1.54) is 0 Å². The highest BCUT2D eigenvalue weighted by atomic mass is 79.9. The Labute approximate surface area is 187 Å². The van der Waals surface area contributed by atoms with E-state index in [9.17, 15) is 14.7 Å². The number of carbonyl (C=O) groups is 2. The Hall–Kier alpha value is -2.48. The van der Waals surface area contributed by atoms with Crippen molar-refractivity contribution >= 4 is 44.6 Å². The first kappa shape index (κ1) is 20.8. The van der Waals surface area contributed by atoms with Gasteiger partial charge in [-0.2, -0.15) is 0 Å². The minimum atomic E-state index is -1.91. The number of benzene rings is 2. The molecule has 1 aromatic heterocycles. The monoisotopic (exact) mass is 485 g/mol. The highest BCUT2D eigenvalue weighted by Gasteiger charge is 2.51. The van der Waals surface area contributed by atoms with E-state index in [-0.39, 0.29) is 12.2 Å². The van der Waals surface area contributed by atoms with Crippen LogP contribution in [0.15, 0.2) is 64.5 Å². The number of anilines is 1. The van der Waals surface area contributed by atoms with Crippen molar-refractivity contribution in [2.24, 2.45) is 0 Å². The van der Waals surface area contributed by atoms with Gasteiger partial charge in [-0.05, 0) is 60.8 Å². The maximum absolute atomic E-state index is 13.3. The van der Waals surface area contributed by atoms with Gasteiger partial charge in [0.05, 0.1) is 25.3 Å². The molecular formula is C23H20BrNO4S. The zero-order valence-electron chi connectivity index (χ0n) is 16.3. The third-order valence-electron chi connectivity index (χ3n) is 5.09. The number of ketones is 1. The van der Waals surface area contributed by atoms with Crippen molar-refractivity contribution in [3.8, 4) is 5.75 Å². The van der Waals surface area contributed by atoms with Gasteiger partial charge >= 0.3 is 0 Å². The number of amides is 1. The van der Waals surface area contributed by atoms with E-state index >= 15 is 0 Å². The Morgan fingerprint density at radius 2 is 1.97 bits per heavy atom. The molecule has 1 unspecified atom stereocenters. The van der Waals surface area contributed by atoms with Gasteiger partial charge in [0.1, 0.15) is 5.75 Å². The van der Waals surface area contributed by atoms with Crippen LogP contribution in [0, 0.1) is 0 Å². The average Bonchev–Trinajstić information content (AvgIpc) is 3.31. The molecule has 7 heteroatoms. The summed E-state index contributed by atoms with van der Waals surface area (Å²) >= 11 is 4.96. The predicted octanol–water partition coefficient (Wildman–Crippen LogP) is 4.92. The molecule has 1 aliphatic heterocycles. The Morgan fingerprint density at radius 3 is 2.63 bits per heavy atom. The molecule has 5 nitrogen and oxygen atoms in total. The molecular weight excluding hydrogens is 466 g/mol. The molecule has 0 bridgehead atoms. The molecule has 0 radical (unpaired) electrons. The molecule has 2 heterocycles. The molecule has 2 aromatic carbocycles. The molecule has 1 N–H and O–H groups in total. The van der Waals surface area contributed by atoms with Crippen LogP contribution in [0.1, 0.15) is 34.1 Å². The molecule has 0 aliphatic carbocycles. The van der Waals surface area contributed by atoms with E-state index in [0.717, 1.165) is 9.35 Å². The van der Waals surface area contributed by atoms with E-state index in [1.807, 2.05) is 30.5 Å². The van der Waals surface area contributed by atoms with Gasteiger partial charge < -0.3 is 14.7 Å². The first-order valence-corrected chi connectivity index (χ1v) is 11.2. The zero-order chi connectivity index (χ0) is 21.3. The van der Waals surface area contributed by atoms with Crippen LogP contribution in [0.2, 0.25) is 0 Å². The first-order valence-electron chi connectivity index (χ1n) is 9.55. The summed E-state index contributed by atoms with van der Waals surface area (Å²) in [5, 5.41) is 13.4. The lowest BCUT2D eigenvalue weighted by atomic mass is 9.88. The second kappa shape index (κ2) is 8.34. The average molecular weight is 486 g/mol. The topological polar surface area (TPSA) is 66.8 Å². The Balaban J connectivity index is 1.65. The molecule has 1 atom stereocenters. The first-order chi connectivity index (χ1) is 14.4. The highest BCUT2D eigenvalue weighted by molar-refractivity contribution is 9.10. The molecule has 1 amide bonds. The van der Waals surface area contributed by atoms with Crippen molar-refractivity contribution in [2.45, 2.75) is 25.5 Å². The van der Waals surface area contributed by atoms with Crippen LogP contribution in [0.3, 0.4) is 0 Å². The minimum Gasteiger partial charge on any atom is -0.494 e. The van der Waals surface area contributed by atoms with Crippen LogP contribution < -0.4 is 9.64 Å². The van der Waals surface area contributed by atoms with Crippen molar-refractivity contribution in [2.75, 3.05) is 11.5 Å². The van der Waals surface area contributed by atoms with Gasteiger partial charge in [-0.1, -0.05) is 22.0 Å². The fourth-order valence-electron chi connectivity index (χ4n) is 3.65. The second-order valence-electron chi connectivity index (χ2n) is 7.05. The third kappa shape index (κ3) is 3.80. The summed E-state index contributed by atoms with van der Waals surface area (Å²) in [6.45, 7) is 2.77. The molecule has 1 aliphatic rings. The lowest BCUT2D eigenvalue weighted by Gasteiger charge is -2.22. The van der Waals surface area contributed by atoms with Gasteiger partial charge in [-0.15, -0.1) is 11.3 Å². The van der Waals surface area contributed by atoms with Gasteiger partial charge in [0.2, 0.25) is 0 Å². The summed E-state index contributed by atoms with van der Waals surface area (Å²) in [4.78, 5) is 28.8. The molecule has 0 saturated heterocycles. The Bertz CT molecular complexity index is 1080. The number of nitrogens with zero attached hydrogens (tertiary/aromatic N) is 1. The molecule has 0 fully saturated rings. The number of thiophene rings is 1. The van der Waals surface area contributed by atoms with Gasteiger partial charge in [-0.3, -0.25) is 9.59 Å². The fourth-order valence-corrected chi connectivity index (χ4v) is 4.70. The molecule has 4 rings (SSSR count).